The standard InChI is InChI=1S/2C8H4F6O.Zr/c2*9-7(10,11)4-1-5(8(12,13)14)3-6(15)2-4;/h2*1-3,15H;. The Kier molecular flexibility index (Phi) is 9.10. The summed E-state index contributed by atoms with van der Waals surface area (Å²) in [6.45, 7) is 0. The molecule has 0 aliphatic carbocycles. The fourth-order valence-corrected chi connectivity index (χ4v) is 1.88. The first-order chi connectivity index (χ1) is 13.2. The van der Waals surface area contributed by atoms with Gasteiger partial charge in [0.1, 0.15) is 11.5 Å². The van der Waals surface area contributed by atoms with E-state index in [-0.39, 0.29) is 62.6 Å². The van der Waals surface area contributed by atoms with Crippen molar-refractivity contribution in [1.29, 1.82) is 0 Å². The number of rotatable bonds is 0. The van der Waals surface area contributed by atoms with Gasteiger partial charge in [0.05, 0.1) is 22.3 Å². The van der Waals surface area contributed by atoms with Gasteiger partial charge in [-0.1, -0.05) is 0 Å². The molecule has 2 aromatic carbocycles. The molecular weight excluding hydrogens is 543 g/mol. The van der Waals surface area contributed by atoms with Crippen LogP contribution in [-0.4, -0.2) is 10.2 Å². The zero-order valence-electron chi connectivity index (χ0n) is 14.4. The first-order valence-corrected chi connectivity index (χ1v) is 7.18. The number of aromatic hydroxyl groups is 2. The molecule has 0 saturated carbocycles. The zero-order valence-corrected chi connectivity index (χ0v) is 16.9. The number of alkyl halides is 12. The first-order valence-electron chi connectivity index (χ1n) is 7.18. The molecule has 0 unspecified atom stereocenters. The van der Waals surface area contributed by atoms with E-state index in [0.29, 0.717) is 0 Å². The van der Waals surface area contributed by atoms with Gasteiger partial charge in [0.15, 0.2) is 0 Å². The minimum Gasteiger partial charge on any atom is -0.508 e. The predicted molar refractivity (Wildman–Crippen MR) is 76.2 cm³/mol. The van der Waals surface area contributed by atoms with Crippen LogP contribution < -0.4 is 0 Å². The van der Waals surface area contributed by atoms with Gasteiger partial charge >= 0.3 is 24.7 Å². The van der Waals surface area contributed by atoms with Crippen molar-refractivity contribution in [2.24, 2.45) is 0 Å². The van der Waals surface area contributed by atoms with Crippen LogP contribution in [-0.2, 0) is 50.9 Å². The molecule has 0 atom stereocenters. The van der Waals surface area contributed by atoms with Gasteiger partial charge in [-0.05, 0) is 36.4 Å². The third-order valence-electron chi connectivity index (χ3n) is 3.14. The molecule has 0 aliphatic rings. The molecule has 2 N–H and O–H groups in total. The summed E-state index contributed by atoms with van der Waals surface area (Å²) in [4.78, 5) is 0. The monoisotopic (exact) mass is 550 g/mol. The van der Waals surface area contributed by atoms with Crippen LogP contribution in [0, 0.1) is 0 Å². The Morgan fingerprint density at radius 2 is 0.548 bits per heavy atom. The van der Waals surface area contributed by atoms with Gasteiger partial charge in [-0.25, -0.2) is 0 Å². The Morgan fingerprint density at radius 1 is 0.387 bits per heavy atom. The Hall–Kier alpha value is -1.92. The van der Waals surface area contributed by atoms with Gasteiger partial charge in [-0.2, -0.15) is 52.7 Å². The van der Waals surface area contributed by atoms with Crippen molar-refractivity contribution in [2.75, 3.05) is 0 Å². The zero-order chi connectivity index (χ0) is 23.7. The molecule has 0 spiro atoms. The van der Waals surface area contributed by atoms with E-state index >= 15 is 0 Å². The summed E-state index contributed by atoms with van der Waals surface area (Å²) < 4.78 is 145. The molecule has 0 aromatic heterocycles. The largest absolute Gasteiger partial charge is 0.508 e. The number of hydrogen-bond donors (Lipinski definition) is 2. The number of halogens is 12. The molecule has 0 saturated heterocycles. The topological polar surface area (TPSA) is 40.5 Å². The third kappa shape index (κ3) is 9.00. The van der Waals surface area contributed by atoms with E-state index in [1.165, 1.54) is 0 Å². The van der Waals surface area contributed by atoms with Crippen molar-refractivity contribution in [2.45, 2.75) is 24.7 Å². The Morgan fingerprint density at radius 3 is 0.677 bits per heavy atom. The maximum Gasteiger partial charge on any atom is 0.416 e. The Labute approximate surface area is 184 Å². The van der Waals surface area contributed by atoms with E-state index < -0.39 is 58.5 Å². The summed E-state index contributed by atoms with van der Waals surface area (Å²) in [6, 6.07) is 0.814. The third-order valence-corrected chi connectivity index (χ3v) is 3.14. The SMILES string of the molecule is Oc1cc(C(F)(F)F)cc(C(F)(F)F)c1.Oc1cc(C(F)(F)F)cc(C(F)(F)F)c1.[Zr]. The molecule has 0 radical (unpaired) electrons. The second-order valence-corrected chi connectivity index (χ2v) is 5.53. The van der Waals surface area contributed by atoms with E-state index in [0.717, 1.165) is 0 Å². The molecule has 0 aliphatic heterocycles. The molecule has 15 heteroatoms. The molecule has 31 heavy (non-hydrogen) atoms. The second-order valence-electron chi connectivity index (χ2n) is 5.53. The van der Waals surface area contributed by atoms with Crippen LogP contribution in [0.25, 0.3) is 0 Å². The number of phenolic OH excluding ortho intramolecular Hbond substituents is 2. The van der Waals surface area contributed by atoms with E-state index in [1.54, 1.807) is 0 Å². The van der Waals surface area contributed by atoms with Crippen LogP contribution in [0.3, 0.4) is 0 Å². The Bertz CT molecular complexity index is 744. The van der Waals surface area contributed by atoms with Crippen LogP contribution in [0.5, 0.6) is 11.5 Å². The number of benzene rings is 2. The molecule has 172 valence electrons. The predicted octanol–water partition coefficient (Wildman–Crippen LogP) is 6.86. The average Bonchev–Trinajstić information content (AvgIpc) is 2.51. The molecular formula is C16H8F12O2Zr. The first kappa shape index (κ1) is 29.1. The summed E-state index contributed by atoms with van der Waals surface area (Å²) in [5, 5.41) is 17.4. The molecule has 0 fully saturated rings. The van der Waals surface area contributed by atoms with E-state index in [2.05, 4.69) is 0 Å². The van der Waals surface area contributed by atoms with Gasteiger partial charge < -0.3 is 10.2 Å². The van der Waals surface area contributed by atoms with E-state index in [4.69, 9.17) is 10.2 Å². The van der Waals surface area contributed by atoms with Crippen LogP contribution in [0.1, 0.15) is 22.3 Å². The molecule has 0 bridgehead atoms. The minimum atomic E-state index is -4.92. The van der Waals surface area contributed by atoms with Crippen molar-refractivity contribution in [3.8, 4) is 11.5 Å². The average molecular weight is 551 g/mol. The van der Waals surface area contributed by atoms with Gasteiger partial charge in [-0.3, -0.25) is 0 Å². The summed E-state index contributed by atoms with van der Waals surface area (Å²) in [6.07, 6.45) is -19.7. The maximum absolute atomic E-state index is 12.1. The fraction of sp³-hybridized carbons (Fsp3) is 0.250. The van der Waals surface area contributed by atoms with Crippen molar-refractivity contribution in [3.63, 3.8) is 0 Å². The summed E-state index contributed by atoms with van der Waals surface area (Å²) in [5.41, 5.74) is -6.13. The molecule has 2 nitrogen and oxygen atoms in total. The normalized spacial score (nSPS) is 12.5. The van der Waals surface area contributed by atoms with Crippen molar-refractivity contribution < 1.29 is 89.1 Å². The molecule has 0 heterocycles. The number of phenols is 2. The van der Waals surface area contributed by atoms with E-state index in [1.807, 2.05) is 0 Å². The number of hydrogen-bond acceptors (Lipinski definition) is 2. The summed E-state index contributed by atoms with van der Waals surface area (Å²) in [5.74, 6) is -2.14. The van der Waals surface area contributed by atoms with Crippen molar-refractivity contribution >= 4 is 0 Å². The smallest absolute Gasteiger partial charge is 0.416 e. The van der Waals surface area contributed by atoms with Gasteiger partial charge in [0.2, 0.25) is 0 Å². The molecule has 0 amide bonds. The summed E-state index contributed by atoms with van der Waals surface area (Å²) >= 11 is 0. The van der Waals surface area contributed by atoms with Gasteiger partial charge in [0.25, 0.3) is 0 Å². The van der Waals surface area contributed by atoms with Crippen molar-refractivity contribution in [1.82, 2.24) is 0 Å². The van der Waals surface area contributed by atoms with Crippen LogP contribution in [0.15, 0.2) is 36.4 Å². The van der Waals surface area contributed by atoms with Crippen LogP contribution in [0.2, 0.25) is 0 Å². The van der Waals surface area contributed by atoms with Gasteiger partial charge in [0, 0.05) is 26.2 Å². The van der Waals surface area contributed by atoms with Crippen LogP contribution >= 0.6 is 0 Å². The second kappa shape index (κ2) is 9.70. The Balaban J connectivity index is 0.000000562. The summed E-state index contributed by atoms with van der Waals surface area (Å²) in [7, 11) is 0. The quantitative estimate of drug-likeness (QED) is 0.352. The van der Waals surface area contributed by atoms with Gasteiger partial charge in [-0.15, -0.1) is 0 Å². The molecule has 2 aromatic rings. The minimum absolute atomic E-state index is 0. The van der Waals surface area contributed by atoms with Crippen molar-refractivity contribution in [3.05, 3.63) is 58.7 Å². The van der Waals surface area contributed by atoms with E-state index in [9.17, 15) is 52.7 Å². The maximum atomic E-state index is 12.1. The van der Waals surface area contributed by atoms with Crippen LogP contribution in [0.4, 0.5) is 52.7 Å². The fourth-order valence-electron chi connectivity index (χ4n) is 1.88. The molecule has 2 rings (SSSR count).